The summed E-state index contributed by atoms with van der Waals surface area (Å²) in [7, 11) is -1.45. The molecule has 0 spiro atoms. The minimum absolute atomic E-state index is 0.0350. The second-order valence-electron chi connectivity index (χ2n) is 5.99. The third-order valence-corrected chi connectivity index (χ3v) is 7.42. The number of halogens is 4. The summed E-state index contributed by atoms with van der Waals surface area (Å²) in [4.78, 5) is 25.7. The largest absolute Gasteiger partial charge is 0.496 e. The number of rotatable bonds is 6. The van der Waals surface area contributed by atoms with Gasteiger partial charge >= 0.3 is 13.3 Å². The van der Waals surface area contributed by atoms with Crippen LogP contribution in [0.4, 0.5) is 0 Å². The van der Waals surface area contributed by atoms with Crippen molar-refractivity contribution >= 4 is 70.8 Å². The molecule has 9 heteroatoms. The van der Waals surface area contributed by atoms with Crippen LogP contribution in [0.5, 0.6) is 5.75 Å². The standard InChI is InChI=1S/C21H12Cl4O4P/c1-29-15-9-5-8-13(22)16(15)21(27)30(28)20-14(23)10-12(17(24)18(20)25)19(26)11-6-3-2-4-7-11/h2-10H,1H3/q+1. The Labute approximate surface area is 193 Å². The van der Waals surface area contributed by atoms with Crippen molar-refractivity contribution in [2.75, 3.05) is 7.11 Å². The molecule has 0 aliphatic heterocycles. The molecule has 3 rings (SSSR count). The van der Waals surface area contributed by atoms with Crippen molar-refractivity contribution in [1.82, 2.24) is 0 Å². The summed E-state index contributed by atoms with van der Waals surface area (Å²) in [5.74, 6) is -0.254. The highest BCUT2D eigenvalue weighted by Gasteiger charge is 2.42. The first kappa shape index (κ1) is 22.7. The van der Waals surface area contributed by atoms with Crippen LogP contribution in [0.3, 0.4) is 0 Å². The lowest BCUT2D eigenvalue weighted by molar-refractivity contribution is 0.103. The van der Waals surface area contributed by atoms with Crippen molar-refractivity contribution in [3.63, 3.8) is 0 Å². The van der Waals surface area contributed by atoms with Crippen molar-refractivity contribution in [2.24, 2.45) is 0 Å². The van der Waals surface area contributed by atoms with E-state index in [0.29, 0.717) is 5.56 Å². The Hall–Kier alpha value is -1.94. The van der Waals surface area contributed by atoms with E-state index >= 15 is 0 Å². The predicted molar refractivity (Wildman–Crippen MR) is 121 cm³/mol. The molecule has 152 valence electrons. The zero-order valence-corrected chi connectivity index (χ0v) is 19.2. The maximum Gasteiger partial charge on any atom is 0.462 e. The molecule has 0 saturated carbocycles. The van der Waals surface area contributed by atoms with Crippen LogP contribution in [-0.2, 0) is 4.57 Å². The van der Waals surface area contributed by atoms with Crippen LogP contribution in [0.1, 0.15) is 26.3 Å². The summed E-state index contributed by atoms with van der Waals surface area (Å²) in [6, 6.07) is 14.2. The Kier molecular flexibility index (Phi) is 7.18. The van der Waals surface area contributed by atoms with Crippen LogP contribution in [0, 0.1) is 0 Å². The molecule has 0 bridgehead atoms. The lowest BCUT2D eigenvalue weighted by Crippen LogP contribution is -2.12. The molecular weight excluding hydrogens is 489 g/mol. The number of carbonyl (C=O) groups excluding carboxylic acids is 2. The molecule has 3 aromatic carbocycles. The van der Waals surface area contributed by atoms with E-state index in [1.54, 1.807) is 36.4 Å². The van der Waals surface area contributed by atoms with Crippen molar-refractivity contribution in [3.8, 4) is 5.75 Å². The highest BCUT2D eigenvalue weighted by molar-refractivity contribution is 7.72. The van der Waals surface area contributed by atoms with Gasteiger partial charge in [-0.3, -0.25) is 4.79 Å². The SMILES string of the molecule is COc1cccc(Cl)c1C(=O)[P+](=O)c1c(Cl)cc(C(=O)c2ccccc2)c(Cl)c1Cl. The van der Waals surface area contributed by atoms with E-state index in [2.05, 4.69) is 0 Å². The van der Waals surface area contributed by atoms with Crippen LogP contribution in [0.2, 0.25) is 20.1 Å². The molecule has 0 aliphatic carbocycles. The molecule has 4 nitrogen and oxygen atoms in total. The average Bonchev–Trinajstić information content (AvgIpc) is 2.75. The third-order valence-electron chi connectivity index (χ3n) is 4.21. The van der Waals surface area contributed by atoms with Gasteiger partial charge in [0.2, 0.25) is 5.30 Å². The lowest BCUT2D eigenvalue weighted by atomic mass is 10.0. The van der Waals surface area contributed by atoms with Gasteiger partial charge in [-0.1, -0.05) is 87.4 Å². The maximum atomic E-state index is 13.1. The average molecular weight is 501 g/mol. The van der Waals surface area contributed by atoms with E-state index in [9.17, 15) is 14.2 Å². The normalized spacial score (nSPS) is 11.2. The van der Waals surface area contributed by atoms with Gasteiger partial charge in [0.25, 0.3) is 0 Å². The van der Waals surface area contributed by atoms with E-state index in [4.69, 9.17) is 51.1 Å². The number of hydrogen-bond donors (Lipinski definition) is 0. The summed E-state index contributed by atoms with van der Waals surface area (Å²) in [5.41, 5.74) is -0.474. The van der Waals surface area contributed by atoms with Gasteiger partial charge in [0.05, 0.1) is 22.2 Å². The van der Waals surface area contributed by atoms with Gasteiger partial charge < -0.3 is 4.74 Å². The molecule has 0 amide bonds. The molecule has 0 saturated heterocycles. The van der Waals surface area contributed by atoms with Crippen molar-refractivity contribution < 1.29 is 18.9 Å². The van der Waals surface area contributed by atoms with Crippen molar-refractivity contribution in [2.45, 2.75) is 0 Å². The van der Waals surface area contributed by atoms with Crippen LogP contribution >= 0.6 is 54.2 Å². The summed E-state index contributed by atoms with van der Waals surface area (Å²) in [6.45, 7) is 0. The molecular formula is C21H12Cl4O4P+. The van der Waals surface area contributed by atoms with E-state index < -0.39 is 19.1 Å². The Bertz CT molecular complexity index is 1180. The Morgan fingerprint density at radius 2 is 1.53 bits per heavy atom. The van der Waals surface area contributed by atoms with Gasteiger partial charge in [-0.05, 0) is 18.2 Å². The molecule has 0 radical (unpaired) electrons. The second-order valence-corrected chi connectivity index (χ2v) is 9.01. The molecule has 0 fully saturated rings. The summed E-state index contributed by atoms with van der Waals surface area (Å²) >= 11 is 25.0. The topological polar surface area (TPSA) is 60.4 Å². The molecule has 0 aliphatic rings. The first-order valence-corrected chi connectivity index (χ1v) is 11.2. The fourth-order valence-corrected chi connectivity index (χ4v) is 5.49. The zero-order valence-electron chi connectivity index (χ0n) is 15.3. The highest BCUT2D eigenvalue weighted by Crippen LogP contribution is 2.41. The molecule has 1 unspecified atom stereocenters. The van der Waals surface area contributed by atoms with Crippen LogP contribution < -0.4 is 10.0 Å². The van der Waals surface area contributed by atoms with E-state index in [-0.39, 0.29) is 42.3 Å². The summed E-state index contributed by atoms with van der Waals surface area (Å²) in [6.07, 6.45) is 0. The van der Waals surface area contributed by atoms with E-state index in [1.165, 1.54) is 25.3 Å². The number of ketones is 1. The summed E-state index contributed by atoms with van der Waals surface area (Å²) in [5, 5.41) is -0.605. The monoisotopic (exact) mass is 499 g/mol. The quantitative estimate of drug-likeness (QED) is 0.211. The van der Waals surface area contributed by atoms with Crippen LogP contribution in [0.15, 0.2) is 54.6 Å². The molecule has 3 aromatic rings. The zero-order chi connectivity index (χ0) is 22.0. The molecule has 0 aromatic heterocycles. The number of hydrogen-bond acceptors (Lipinski definition) is 4. The van der Waals surface area contributed by atoms with Gasteiger partial charge in [0, 0.05) is 11.1 Å². The van der Waals surface area contributed by atoms with Gasteiger partial charge in [-0.25, -0.2) is 4.79 Å². The number of benzene rings is 3. The van der Waals surface area contributed by atoms with Gasteiger partial charge in [-0.15, -0.1) is 0 Å². The predicted octanol–water partition coefficient (Wildman–Crippen LogP) is 6.83. The lowest BCUT2D eigenvalue weighted by Gasteiger charge is -2.08. The Morgan fingerprint density at radius 1 is 0.867 bits per heavy atom. The number of ether oxygens (including phenoxy) is 1. The minimum atomic E-state index is -2.81. The maximum absolute atomic E-state index is 13.1. The minimum Gasteiger partial charge on any atom is -0.496 e. The van der Waals surface area contributed by atoms with Crippen molar-refractivity contribution in [1.29, 1.82) is 0 Å². The van der Waals surface area contributed by atoms with Gasteiger partial charge in [0.1, 0.15) is 16.3 Å². The first-order valence-electron chi connectivity index (χ1n) is 8.39. The number of carbonyl (C=O) groups is 2. The van der Waals surface area contributed by atoms with E-state index in [0.717, 1.165) is 0 Å². The Balaban J connectivity index is 2.08. The Morgan fingerprint density at radius 3 is 2.17 bits per heavy atom. The smallest absolute Gasteiger partial charge is 0.462 e. The molecule has 30 heavy (non-hydrogen) atoms. The van der Waals surface area contributed by atoms with Crippen LogP contribution in [-0.4, -0.2) is 18.4 Å². The van der Waals surface area contributed by atoms with Gasteiger partial charge in [0.15, 0.2) is 5.78 Å². The third kappa shape index (κ3) is 4.25. The molecule has 0 N–H and O–H groups in total. The fourth-order valence-electron chi connectivity index (χ4n) is 2.77. The molecule has 0 heterocycles. The molecule has 1 atom stereocenters. The highest BCUT2D eigenvalue weighted by atomic mass is 35.5. The first-order chi connectivity index (χ1) is 14.3. The number of methoxy groups -OCH3 is 1. The second kappa shape index (κ2) is 9.47. The van der Waals surface area contributed by atoms with Gasteiger partial charge in [-0.2, -0.15) is 0 Å². The summed E-state index contributed by atoms with van der Waals surface area (Å²) < 4.78 is 18.2. The van der Waals surface area contributed by atoms with E-state index in [1.807, 2.05) is 0 Å². The van der Waals surface area contributed by atoms with Crippen LogP contribution in [0.25, 0.3) is 0 Å². The van der Waals surface area contributed by atoms with Crippen molar-refractivity contribution in [3.05, 3.63) is 91.4 Å². The fraction of sp³-hybridized carbons (Fsp3) is 0.0476.